The van der Waals surface area contributed by atoms with Gasteiger partial charge in [-0.2, -0.15) is 0 Å². The summed E-state index contributed by atoms with van der Waals surface area (Å²) in [7, 11) is -0.894. The second-order valence-electron chi connectivity index (χ2n) is 5.42. The van der Waals surface area contributed by atoms with E-state index < -0.39 is 10.8 Å². The van der Waals surface area contributed by atoms with Crippen LogP contribution in [0, 0.1) is 0 Å². The van der Waals surface area contributed by atoms with Crippen LogP contribution >= 0.6 is 11.3 Å². The van der Waals surface area contributed by atoms with Crippen molar-refractivity contribution in [2.24, 2.45) is 4.99 Å². The molecule has 2 atom stereocenters. The summed E-state index contributed by atoms with van der Waals surface area (Å²) in [6.45, 7) is 5.51. The SMILES string of the molecule is CCNC(=NCCS(=O)Cc1ccccc1)NC(C)c1cccs1. The van der Waals surface area contributed by atoms with E-state index in [-0.39, 0.29) is 6.04 Å². The molecule has 1 aromatic carbocycles. The quantitative estimate of drug-likeness (QED) is 0.559. The molecule has 0 aliphatic heterocycles. The predicted molar refractivity (Wildman–Crippen MR) is 105 cm³/mol. The summed E-state index contributed by atoms with van der Waals surface area (Å²) in [6.07, 6.45) is 0. The van der Waals surface area contributed by atoms with Crippen LogP contribution in [0.15, 0.2) is 52.8 Å². The summed E-state index contributed by atoms with van der Waals surface area (Å²) < 4.78 is 12.2. The molecule has 0 fully saturated rings. The Morgan fingerprint density at radius 2 is 2.04 bits per heavy atom. The van der Waals surface area contributed by atoms with Crippen molar-refractivity contribution in [3.8, 4) is 0 Å². The van der Waals surface area contributed by atoms with E-state index in [2.05, 4.69) is 40.1 Å². The smallest absolute Gasteiger partial charge is 0.191 e. The lowest BCUT2D eigenvalue weighted by Crippen LogP contribution is -2.38. The van der Waals surface area contributed by atoms with Crippen LogP contribution in [0.3, 0.4) is 0 Å². The van der Waals surface area contributed by atoms with Gasteiger partial charge in [0.1, 0.15) is 0 Å². The van der Waals surface area contributed by atoms with E-state index in [0.717, 1.165) is 18.1 Å². The van der Waals surface area contributed by atoms with Crippen molar-refractivity contribution in [2.75, 3.05) is 18.8 Å². The van der Waals surface area contributed by atoms with Crippen LogP contribution in [-0.2, 0) is 16.6 Å². The fourth-order valence-corrected chi connectivity index (χ4v) is 3.96. The zero-order chi connectivity index (χ0) is 17.2. The van der Waals surface area contributed by atoms with Gasteiger partial charge in [0.2, 0.25) is 0 Å². The molecule has 2 unspecified atom stereocenters. The molecule has 130 valence electrons. The molecule has 1 heterocycles. The maximum Gasteiger partial charge on any atom is 0.191 e. The fraction of sp³-hybridized carbons (Fsp3) is 0.389. The van der Waals surface area contributed by atoms with Crippen molar-refractivity contribution in [1.29, 1.82) is 0 Å². The summed E-state index contributed by atoms with van der Waals surface area (Å²) in [5.74, 6) is 1.93. The average molecular weight is 364 g/mol. The van der Waals surface area contributed by atoms with Crippen LogP contribution < -0.4 is 10.6 Å². The van der Waals surface area contributed by atoms with Crippen molar-refractivity contribution in [3.05, 3.63) is 58.3 Å². The van der Waals surface area contributed by atoms with Crippen molar-refractivity contribution < 1.29 is 4.21 Å². The molecule has 2 aromatic rings. The van der Waals surface area contributed by atoms with Gasteiger partial charge in [-0.15, -0.1) is 11.3 Å². The topological polar surface area (TPSA) is 53.5 Å². The Morgan fingerprint density at radius 1 is 1.25 bits per heavy atom. The number of nitrogens with one attached hydrogen (secondary N) is 2. The van der Waals surface area contributed by atoms with E-state index in [9.17, 15) is 4.21 Å². The number of benzene rings is 1. The standard InChI is InChI=1S/C18H25N3OS2/c1-3-19-18(21-15(2)17-10-7-12-23-17)20-11-13-24(22)14-16-8-5-4-6-9-16/h4-10,12,15H,3,11,13-14H2,1-2H3,(H2,19,20,21). The monoisotopic (exact) mass is 363 g/mol. The normalized spacial score (nSPS) is 14.2. The maximum atomic E-state index is 12.2. The molecule has 0 amide bonds. The van der Waals surface area contributed by atoms with Gasteiger partial charge in [0.15, 0.2) is 5.96 Å². The van der Waals surface area contributed by atoms with E-state index in [1.807, 2.05) is 37.3 Å². The zero-order valence-electron chi connectivity index (χ0n) is 14.2. The lowest BCUT2D eigenvalue weighted by atomic mass is 10.2. The Balaban J connectivity index is 1.83. The third-order valence-electron chi connectivity index (χ3n) is 3.43. The van der Waals surface area contributed by atoms with Crippen LogP contribution in [0.4, 0.5) is 0 Å². The van der Waals surface area contributed by atoms with Gasteiger partial charge in [0, 0.05) is 33.7 Å². The molecule has 2 N–H and O–H groups in total. The van der Waals surface area contributed by atoms with Crippen molar-refractivity contribution in [1.82, 2.24) is 10.6 Å². The minimum atomic E-state index is -0.894. The lowest BCUT2D eigenvalue weighted by Gasteiger charge is -2.16. The van der Waals surface area contributed by atoms with Crippen LogP contribution in [0.1, 0.15) is 30.3 Å². The molecule has 0 saturated carbocycles. The second kappa shape index (κ2) is 10.3. The van der Waals surface area contributed by atoms with Gasteiger partial charge in [-0.25, -0.2) is 0 Å². The van der Waals surface area contributed by atoms with Gasteiger partial charge in [-0.05, 0) is 30.9 Å². The van der Waals surface area contributed by atoms with E-state index in [0.29, 0.717) is 18.1 Å². The molecule has 0 bridgehead atoms. The fourth-order valence-electron chi connectivity index (χ4n) is 2.23. The predicted octanol–water partition coefficient (Wildman–Crippen LogP) is 3.31. The molecule has 6 heteroatoms. The highest BCUT2D eigenvalue weighted by molar-refractivity contribution is 7.84. The first-order chi connectivity index (χ1) is 11.7. The number of aliphatic imine (C=N–C) groups is 1. The Morgan fingerprint density at radius 3 is 2.71 bits per heavy atom. The van der Waals surface area contributed by atoms with E-state index in [1.165, 1.54) is 4.88 Å². The van der Waals surface area contributed by atoms with E-state index in [1.54, 1.807) is 11.3 Å². The van der Waals surface area contributed by atoms with Gasteiger partial charge in [0.05, 0.1) is 12.6 Å². The number of hydrogen-bond acceptors (Lipinski definition) is 3. The Labute approximate surface area is 150 Å². The molecule has 0 saturated heterocycles. The molecule has 0 aliphatic carbocycles. The largest absolute Gasteiger partial charge is 0.357 e. The number of thiophene rings is 1. The third kappa shape index (κ3) is 6.45. The zero-order valence-corrected chi connectivity index (χ0v) is 15.8. The molecule has 1 aromatic heterocycles. The maximum absolute atomic E-state index is 12.2. The van der Waals surface area contributed by atoms with Crippen molar-refractivity contribution in [2.45, 2.75) is 25.6 Å². The molecule has 4 nitrogen and oxygen atoms in total. The van der Waals surface area contributed by atoms with Crippen LogP contribution in [0.25, 0.3) is 0 Å². The van der Waals surface area contributed by atoms with Crippen LogP contribution in [-0.4, -0.2) is 29.0 Å². The highest BCUT2D eigenvalue weighted by Crippen LogP contribution is 2.17. The minimum absolute atomic E-state index is 0.206. The van der Waals surface area contributed by atoms with E-state index >= 15 is 0 Å². The molecule has 2 rings (SSSR count). The first kappa shape index (κ1) is 18.7. The number of rotatable bonds is 8. The number of guanidine groups is 1. The summed E-state index contributed by atoms with van der Waals surface area (Å²) in [5, 5.41) is 8.71. The van der Waals surface area contributed by atoms with Crippen molar-refractivity contribution in [3.63, 3.8) is 0 Å². The first-order valence-electron chi connectivity index (χ1n) is 8.16. The van der Waals surface area contributed by atoms with Gasteiger partial charge in [-0.1, -0.05) is 36.4 Å². The lowest BCUT2D eigenvalue weighted by molar-refractivity contribution is 0.681. The molecule has 24 heavy (non-hydrogen) atoms. The Hall–Kier alpha value is -1.66. The van der Waals surface area contributed by atoms with E-state index in [4.69, 9.17) is 0 Å². The molecule has 0 spiro atoms. The number of hydrogen-bond donors (Lipinski definition) is 2. The molecular weight excluding hydrogens is 338 g/mol. The summed E-state index contributed by atoms with van der Waals surface area (Å²) in [6, 6.07) is 14.3. The van der Waals surface area contributed by atoms with Gasteiger partial charge in [0.25, 0.3) is 0 Å². The molecule has 0 radical (unpaired) electrons. The Kier molecular flexibility index (Phi) is 7.98. The second-order valence-corrected chi connectivity index (χ2v) is 7.97. The highest BCUT2D eigenvalue weighted by Gasteiger charge is 2.08. The highest BCUT2D eigenvalue weighted by atomic mass is 32.2. The summed E-state index contributed by atoms with van der Waals surface area (Å²) in [5.41, 5.74) is 1.11. The number of nitrogens with zero attached hydrogens (tertiary/aromatic N) is 1. The van der Waals surface area contributed by atoms with Crippen molar-refractivity contribution >= 4 is 28.1 Å². The van der Waals surface area contributed by atoms with Gasteiger partial charge in [-0.3, -0.25) is 9.20 Å². The first-order valence-corrected chi connectivity index (χ1v) is 10.5. The van der Waals surface area contributed by atoms with Gasteiger partial charge < -0.3 is 10.6 Å². The summed E-state index contributed by atoms with van der Waals surface area (Å²) in [4.78, 5) is 5.82. The Bertz CT molecular complexity index is 642. The molecular formula is C18H25N3OS2. The third-order valence-corrected chi connectivity index (χ3v) is 5.78. The summed E-state index contributed by atoms with van der Waals surface area (Å²) >= 11 is 1.73. The molecule has 0 aliphatic rings. The van der Waals surface area contributed by atoms with Crippen LogP contribution in [0.2, 0.25) is 0 Å². The minimum Gasteiger partial charge on any atom is -0.357 e. The average Bonchev–Trinajstić information content (AvgIpc) is 3.10. The van der Waals surface area contributed by atoms with Crippen LogP contribution in [0.5, 0.6) is 0 Å². The van der Waals surface area contributed by atoms with Gasteiger partial charge >= 0.3 is 0 Å².